The maximum Gasteiger partial charge on any atom is 0.355 e. The summed E-state index contributed by atoms with van der Waals surface area (Å²) in [6, 6.07) is 17.3. The Hall–Kier alpha value is -4.61. The molecule has 2 aromatic carbocycles. The molecule has 242 valence electrons. The average molecular weight is 651 g/mol. The molecule has 5 aromatic rings. The lowest BCUT2D eigenvalue weighted by Crippen LogP contribution is -2.33. The maximum atomic E-state index is 13.5. The van der Waals surface area contributed by atoms with Crippen LogP contribution in [0.5, 0.6) is 0 Å². The van der Waals surface area contributed by atoms with Crippen molar-refractivity contribution in [2.45, 2.75) is 58.0 Å². The smallest absolute Gasteiger partial charge is 0.355 e. The number of pyridine rings is 1. The van der Waals surface area contributed by atoms with Gasteiger partial charge in [0.05, 0.1) is 16.4 Å². The molecule has 0 spiro atoms. The third-order valence-electron chi connectivity index (χ3n) is 9.63. The molecule has 7 rings (SSSR count). The van der Waals surface area contributed by atoms with Crippen LogP contribution >= 0.6 is 11.3 Å². The van der Waals surface area contributed by atoms with Crippen LogP contribution in [0.2, 0.25) is 0 Å². The minimum atomic E-state index is -1.09. The van der Waals surface area contributed by atoms with Gasteiger partial charge in [-0.3, -0.25) is 14.8 Å². The number of carbonyl (C=O) groups is 2. The molecule has 3 aromatic heterocycles. The van der Waals surface area contributed by atoms with Gasteiger partial charge in [-0.2, -0.15) is 5.10 Å². The second kappa shape index (κ2) is 13.2. The van der Waals surface area contributed by atoms with E-state index in [4.69, 9.17) is 4.74 Å². The minimum absolute atomic E-state index is 0.0125. The zero-order valence-electron chi connectivity index (χ0n) is 26.4. The molecule has 0 unspecified atom stereocenters. The van der Waals surface area contributed by atoms with E-state index < -0.39 is 5.97 Å². The molecule has 1 aliphatic carbocycles. The van der Waals surface area contributed by atoms with E-state index in [1.807, 2.05) is 70.4 Å². The first-order valence-electron chi connectivity index (χ1n) is 16.2. The predicted molar refractivity (Wildman–Crippen MR) is 183 cm³/mol. The number of aromatic nitrogens is 4. The summed E-state index contributed by atoms with van der Waals surface area (Å²) in [6.07, 6.45) is 11.4. The van der Waals surface area contributed by atoms with Gasteiger partial charge in [0.15, 0.2) is 10.8 Å². The standard InChI is InChI=1S/C36H38N6O4S/c1-46-19-17-36(15-5-2-6-16-36)23-42-21-25(20-37-42)26-12-13-31(39-32(26)34(44)45)41-18-14-24-8-7-9-27(28(24)22-41)33(43)40-35-38-29-10-3-4-11-30(29)47-35/h3-4,7-13,20-21H,2,5-6,14-19,22-23H2,1H3,(H,44,45)(H,38,40,43). The molecule has 0 bridgehead atoms. The first-order valence-corrected chi connectivity index (χ1v) is 17.0. The molecule has 11 heteroatoms. The Morgan fingerprint density at radius 2 is 1.89 bits per heavy atom. The molecular formula is C36H38N6O4S. The van der Waals surface area contributed by atoms with E-state index in [-0.39, 0.29) is 17.0 Å². The number of hydrogen-bond acceptors (Lipinski definition) is 8. The van der Waals surface area contributed by atoms with Gasteiger partial charge in [0.2, 0.25) is 0 Å². The first kappa shape index (κ1) is 31.0. The quantitative estimate of drug-likeness (QED) is 0.165. The number of rotatable bonds is 10. The summed E-state index contributed by atoms with van der Waals surface area (Å²) >= 11 is 1.44. The van der Waals surface area contributed by atoms with Crippen molar-refractivity contribution < 1.29 is 19.4 Å². The highest BCUT2D eigenvalue weighted by molar-refractivity contribution is 7.22. The maximum absolute atomic E-state index is 13.5. The van der Waals surface area contributed by atoms with Gasteiger partial charge < -0.3 is 14.7 Å². The number of nitrogens with one attached hydrogen (secondary N) is 1. The Balaban J connectivity index is 1.11. The lowest BCUT2D eigenvalue weighted by atomic mass is 9.72. The molecule has 0 saturated heterocycles. The number of anilines is 2. The number of thiazole rings is 1. The number of ether oxygens (including phenoxy) is 1. The predicted octanol–water partition coefficient (Wildman–Crippen LogP) is 7.06. The molecule has 0 radical (unpaired) electrons. The second-order valence-electron chi connectivity index (χ2n) is 12.7. The number of carboxylic acids is 1. The third kappa shape index (κ3) is 6.50. The summed E-state index contributed by atoms with van der Waals surface area (Å²) < 4.78 is 8.39. The molecule has 10 nitrogen and oxygen atoms in total. The van der Waals surface area contributed by atoms with E-state index in [0.29, 0.717) is 41.6 Å². The van der Waals surface area contributed by atoms with Gasteiger partial charge in [0.25, 0.3) is 5.91 Å². The van der Waals surface area contributed by atoms with Crippen LogP contribution < -0.4 is 10.2 Å². The highest BCUT2D eigenvalue weighted by Gasteiger charge is 2.33. The van der Waals surface area contributed by atoms with E-state index >= 15 is 0 Å². The number of carbonyl (C=O) groups excluding carboxylic acids is 1. The van der Waals surface area contributed by atoms with Crippen molar-refractivity contribution >= 4 is 44.4 Å². The van der Waals surface area contributed by atoms with Gasteiger partial charge in [-0.15, -0.1) is 0 Å². The van der Waals surface area contributed by atoms with Gasteiger partial charge in [-0.25, -0.2) is 14.8 Å². The van der Waals surface area contributed by atoms with Crippen molar-refractivity contribution in [3.05, 3.63) is 89.4 Å². The fourth-order valence-corrected chi connectivity index (χ4v) is 8.00. The van der Waals surface area contributed by atoms with Gasteiger partial charge in [0, 0.05) is 56.2 Å². The van der Waals surface area contributed by atoms with E-state index in [9.17, 15) is 14.7 Å². The molecule has 2 N–H and O–H groups in total. The number of amides is 1. The van der Waals surface area contributed by atoms with E-state index in [2.05, 4.69) is 20.4 Å². The number of fused-ring (bicyclic) bond motifs is 2. The fraction of sp³-hybridized carbons (Fsp3) is 0.361. The van der Waals surface area contributed by atoms with Crippen molar-refractivity contribution in [2.24, 2.45) is 5.41 Å². The number of benzene rings is 2. The normalized spacial score (nSPS) is 15.8. The van der Waals surface area contributed by atoms with Gasteiger partial charge in [-0.1, -0.05) is 54.9 Å². The van der Waals surface area contributed by atoms with E-state index in [1.165, 1.54) is 30.6 Å². The number of methoxy groups -OCH3 is 1. The van der Waals surface area contributed by atoms with Crippen molar-refractivity contribution in [1.29, 1.82) is 0 Å². The molecule has 1 amide bonds. The molecule has 47 heavy (non-hydrogen) atoms. The summed E-state index contributed by atoms with van der Waals surface area (Å²) in [7, 11) is 1.75. The highest BCUT2D eigenvalue weighted by Crippen LogP contribution is 2.41. The number of aromatic carboxylic acids is 1. The molecule has 0 atom stereocenters. The molecule has 2 aliphatic rings. The van der Waals surface area contributed by atoms with Crippen molar-refractivity contribution in [2.75, 3.05) is 30.5 Å². The van der Waals surface area contributed by atoms with Crippen LogP contribution in [0.4, 0.5) is 10.9 Å². The second-order valence-corrected chi connectivity index (χ2v) is 13.7. The van der Waals surface area contributed by atoms with Crippen molar-refractivity contribution in [3.63, 3.8) is 0 Å². The van der Waals surface area contributed by atoms with E-state index in [0.717, 1.165) is 59.3 Å². The molecular weight excluding hydrogens is 613 g/mol. The van der Waals surface area contributed by atoms with Crippen molar-refractivity contribution in [3.8, 4) is 11.1 Å². The molecule has 1 aliphatic heterocycles. The van der Waals surface area contributed by atoms with Gasteiger partial charge in [-0.05, 0) is 72.6 Å². The summed E-state index contributed by atoms with van der Waals surface area (Å²) in [5.41, 5.74) is 4.84. The third-order valence-corrected chi connectivity index (χ3v) is 10.6. The summed E-state index contributed by atoms with van der Waals surface area (Å²) in [6.45, 7) is 2.60. The highest BCUT2D eigenvalue weighted by atomic mass is 32.1. The van der Waals surface area contributed by atoms with Gasteiger partial charge in [0.1, 0.15) is 5.82 Å². The average Bonchev–Trinajstić information content (AvgIpc) is 3.73. The number of nitrogens with zero attached hydrogens (tertiary/aromatic N) is 5. The largest absolute Gasteiger partial charge is 0.476 e. The lowest BCUT2D eigenvalue weighted by Gasteiger charge is -2.37. The first-order chi connectivity index (χ1) is 22.9. The van der Waals surface area contributed by atoms with Gasteiger partial charge >= 0.3 is 5.97 Å². The Labute approximate surface area is 277 Å². The molecule has 1 fully saturated rings. The zero-order valence-corrected chi connectivity index (χ0v) is 27.3. The topological polar surface area (TPSA) is 122 Å². The minimum Gasteiger partial charge on any atom is -0.476 e. The lowest BCUT2D eigenvalue weighted by molar-refractivity contribution is 0.0691. The number of hydrogen-bond donors (Lipinski definition) is 2. The Morgan fingerprint density at radius 1 is 1.04 bits per heavy atom. The Kier molecular flexibility index (Phi) is 8.74. The monoisotopic (exact) mass is 650 g/mol. The zero-order chi connectivity index (χ0) is 32.4. The summed E-state index contributed by atoms with van der Waals surface area (Å²) in [5, 5.41) is 18.4. The Bertz CT molecular complexity index is 1890. The number of carboxylic acid groups (broad SMARTS) is 1. The van der Waals surface area contributed by atoms with Crippen LogP contribution in [0.3, 0.4) is 0 Å². The van der Waals surface area contributed by atoms with Crippen LogP contribution in [0.15, 0.2) is 67.0 Å². The molecule has 1 saturated carbocycles. The van der Waals surface area contributed by atoms with Crippen molar-refractivity contribution in [1.82, 2.24) is 19.7 Å². The SMILES string of the molecule is COCCC1(Cn2cc(-c3ccc(N4CCc5cccc(C(=O)Nc6nc7ccccc7s6)c5C4)nc3C(=O)O)cn2)CCCCC1. The fourth-order valence-electron chi connectivity index (χ4n) is 7.14. The number of para-hydroxylation sites is 1. The van der Waals surface area contributed by atoms with Crippen LogP contribution in [0.1, 0.15) is 70.5 Å². The Morgan fingerprint density at radius 3 is 2.70 bits per heavy atom. The van der Waals surface area contributed by atoms with Crippen LogP contribution in [-0.2, 0) is 24.2 Å². The van der Waals surface area contributed by atoms with Crippen LogP contribution in [-0.4, -0.2) is 57.0 Å². The molecule has 4 heterocycles. The van der Waals surface area contributed by atoms with Crippen LogP contribution in [0, 0.1) is 5.41 Å². The van der Waals surface area contributed by atoms with E-state index in [1.54, 1.807) is 13.3 Å². The summed E-state index contributed by atoms with van der Waals surface area (Å²) in [5.74, 6) is -0.746. The summed E-state index contributed by atoms with van der Waals surface area (Å²) in [4.78, 5) is 37.3. The van der Waals surface area contributed by atoms with Crippen LogP contribution in [0.25, 0.3) is 21.3 Å².